The summed E-state index contributed by atoms with van der Waals surface area (Å²) in [6, 6.07) is 0. The number of hydrogen-bond donors (Lipinski definition) is 1. The van der Waals surface area contributed by atoms with Crippen LogP contribution in [0.5, 0.6) is 0 Å². The second-order valence-corrected chi connectivity index (χ2v) is 6.32. The van der Waals surface area contributed by atoms with Crippen LogP contribution < -0.4 is 5.32 Å². The summed E-state index contributed by atoms with van der Waals surface area (Å²) in [5, 5.41) is 3.51. The van der Waals surface area contributed by atoms with Crippen molar-refractivity contribution in [2.45, 2.75) is 53.0 Å². The first-order valence-electron chi connectivity index (χ1n) is 6.33. The van der Waals surface area contributed by atoms with Crippen molar-refractivity contribution in [2.24, 2.45) is 5.41 Å². The van der Waals surface area contributed by atoms with E-state index in [-0.39, 0.29) is 0 Å². The molecule has 0 aromatic carbocycles. The van der Waals surface area contributed by atoms with Gasteiger partial charge in [0, 0.05) is 25.2 Å². The fraction of sp³-hybridized carbons (Fsp3) is 1.00. The monoisotopic (exact) mass is 212 g/mol. The van der Waals surface area contributed by atoms with Crippen LogP contribution in [0, 0.1) is 5.41 Å². The predicted octanol–water partition coefficient (Wildman–Crippen LogP) is 2.50. The molecule has 2 heteroatoms. The Bertz CT molecular complexity index is 195. The van der Waals surface area contributed by atoms with Crippen LogP contribution in [0.1, 0.15) is 47.5 Å². The average Bonchev–Trinajstić information content (AvgIpc) is 2.15. The first kappa shape index (κ1) is 13.0. The van der Waals surface area contributed by atoms with Crippen LogP contribution in [0.4, 0.5) is 0 Å². The number of nitrogens with one attached hydrogen (secondary N) is 1. The van der Waals surface area contributed by atoms with Crippen molar-refractivity contribution in [2.75, 3.05) is 26.2 Å². The van der Waals surface area contributed by atoms with Gasteiger partial charge in [-0.05, 0) is 31.7 Å². The number of piperazine rings is 1. The van der Waals surface area contributed by atoms with Crippen molar-refractivity contribution in [1.29, 1.82) is 0 Å². The van der Waals surface area contributed by atoms with Gasteiger partial charge in [-0.3, -0.25) is 4.90 Å². The van der Waals surface area contributed by atoms with E-state index < -0.39 is 0 Å². The third kappa shape index (κ3) is 3.76. The van der Waals surface area contributed by atoms with Gasteiger partial charge in [0.05, 0.1) is 0 Å². The molecule has 1 saturated heterocycles. The highest BCUT2D eigenvalue weighted by Gasteiger charge is 2.32. The van der Waals surface area contributed by atoms with Gasteiger partial charge in [-0.2, -0.15) is 0 Å². The summed E-state index contributed by atoms with van der Waals surface area (Å²) in [5.41, 5.74) is 0.836. The highest BCUT2D eigenvalue weighted by Crippen LogP contribution is 2.25. The summed E-state index contributed by atoms with van der Waals surface area (Å²) in [4.78, 5) is 2.68. The molecule has 15 heavy (non-hydrogen) atoms. The Morgan fingerprint density at radius 3 is 2.53 bits per heavy atom. The van der Waals surface area contributed by atoms with Gasteiger partial charge in [-0.1, -0.05) is 27.7 Å². The van der Waals surface area contributed by atoms with E-state index in [0.29, 0.717) is 11.0 Å². The van der Waals surface area contributed by atoms with Crippen molar-refractivity contribution in [3.63, 3.8) is 0 Å². The minimum atomic E-state index is 0.378. The molecule has 0 aliphatic carbocycles. The quantitative estimate of drug-likeness (QED) is 0.773. The second-order valence-electron chi connectivity index (χ2n) is 6.32. The number of rotatable bonds is 3. The van der Waals surface area contributed by atoms with E-state index in [9.17, 15) is 0 Å². The molecule has 90 valence electrons. The third-order valence-electron chi connectivity index (χ3n) is 3.72. The SMILES string of the molecule is CCC1(C)CNCCN1CCC(C)(C)C. The first-order chi connectivity index (χ1) is 6.87. The van der Waals surface area contributed by atoms with E-state index in [1.807, 2.05) is 0 Å². The Morgan fingerprint density at radius 2 is 2.00 bits per heavy atom. The molecule has 1 N–H and O–H groups in total. The highest BCUT2D eigenvalue weighted by molar-refractivity contribution is 4.91. The fourth-order valence-corrected chi connectivity index (χ4v) is 2.15. The molecule has 0 saturated carbocycles. The normalized spacial score (nSPS) is 29.4. The molecular formula is C13H28N2. The Hall–Kier alpha value is -0.0800. The second kappa shape index (κ2) is 4.84. The van der Waals surface area contributed by atoms with E-state index in [1.165, 1.54) is 25.9 Å². The van der Waals surface area contributed by atoms with Gasteiger partial charge in [-0.25, -0.2) is 0 Å². The lowest BCUT2D eigenvalue weighted by atomic mass is 9.89. The zero-order chi connectivity index (χ0) is 11.5. The van der Waals surface area contributed by atoms with Crippen molar-refractivity contribution in [3.05, 3.63) is 0 Å². The van der Waals surface area contributed by atoms with Crippen LogP contribution >= 0.6 is 0 Å². The van der Waals surface area contributed by atoms with Gasteiger partial charge in [0.15, 0.2) is 0 Å². The van der Waals surface area contributed by atoms with Crippen LogP contribution in [0.15, 0.2) is 0 Å². The standard InChI is InChI=1S/C13H28N2/c1-6-13(5)11-14-8-10-15(13)9-7-12(2,3)4/h14H,6-11H2,1-5H3. The molecule has 0 spiro atoms. The molecule has 0 aromatic heterocycles. The van der Waals surface area contributed by atoms with Gasteiger partial charge < -0.3 is 5.32 Å². The summed E-state index contributed by atoms with van der Waals surface area (Å²) in [6.07, 6.45) is 2.53. The van der Waals surface area contributed by atoms with Crippen LogP contribution in [-0.4, -0.2) is 36.6 Å². The van der Waals surface area contributed by atoms with Crippen molar-refractivity contribution >= 4 is 0 Å². The smallest absolute Gasteiger partial charge is 0.0303 e. The molecular weight excluding hydrogens is 184 g/mol. The molecule has 0 bridgehead atoms. The Labute approximate surface area is 95.4 Å². The Balaban J connectivity index is 2.50. The molecule has 0 radical (unpaired) electrons. The Morgan fingerprint density at radius 1 is 1.33 bits per heavy atom. The molecule has 1 fully saturated rings. The summed E-state index contributed by atoms with van der Waals surface area (Å²) >= 11 is 0. The highest BCUT2D eigenvalue weighted by atomic mass is 15.2. The number of nitrogens with zero attached hydrogens (tertiary/aromatic N) is 1. The molecule has 1 unspecified atom stereocenters. The maximum atomic E-state index is 3.51. The predicted molar refractivity (Wildman–Crippen MR) is 67.2 cm³/mol. The molecule has 1 heterocycles. The Kier molecular flexibility index (Phi) is 4.19. The summed E-state index contributed by atoms with van der Waals surface area (Å²) in [7, 11) is 0. The maximum absolute atomic E-state index is 3.51. The average molecular weight is 212 g/mol. The first-order valence-corrected chi connectivity index (χ1v) is 6.33. The van der Waals surface area contributed by atoms with Crippen LogP contribution in [-0.2, 0) is 0 Å². The van der Waals surface area contributed by atoms with Crippen LogP contribution in [0.25, 0.3) is 0 Å². The van der Waals surface area contributed by atoms with E-state index >= 15 is 0 Å². The van der Waals surface area contributed by atoms with Crippen LogP contribution in [0.2, 0.25) is 0 Å². The van der Waals surface area contributed by atoms with Crippen molar-refractivity contribution in [3.8, 4) is 0 Å². The molecule has 1 atom stereocenters. The minimum Gasteiger partial charge on any atom is -0.314 e. The van der Waals surface area contributed by atoms with Gasteiger partial charge in [0.25, 0.3) is 0 Å². The largest absolute Gasteiger partial charge is 0.314 e. The van der Waals surface area contributed by atoms with E-state index in [0.717, 1.165) is 13.1 Å². The van der Waals surface area contributed by atoms with Crippen molar-refractivity contribution in [1.82, 2.24) is 10.2 Å². The van der Waals surface area contributed by atoms with E-state index in [2.05, 4.69) is 44.8 Å². The van der Waals surface area contributed by atoms with E-state index in [4.69, 9.17) is 0 Å². The lowest BCUT2D eigenvalue weighted by Gasteiger charge is -2.45. The molecule has 2 nitrogen and oxygen atoms in total. The molecule has 1 aliphatic heterocycles. The van der Waals surface area contributed by atoms with Gasteiger partial charge in [-0.15, -0.1) is 0 Å². The maximum Gasteiger partial charge on any atom is 0.0303 e. The van der Waals surface area contributed by atoms with Gasteiger partial charge in [0.1, 0.15) is 0 Å². The van der Waals surface area contributed by atoms with E-state index in [1.54, 1.807) is 0 Å². The molecule has 0 amide bonds. The summed E-state index contributed by atoms with van der Waals surface area (Å²) in [5.74, 6) is 0. The third-order valence-corrected chi connectivity index (χ3v) is 3.72. The number of hydrogen-bond acceptors (Lipinski definition) is 2. The zero-order valence-electron chi connectivity index (χ0n) is 11.2. The van der Waals surface area contributed by atoms with Gasteiger partial charge in [0.2, 0.25) is 0 Å². The summed E-state index contributed by atoms with van der Waals surface area (Å²) < 4.78 is 0. The fourth-order valence-electron chi connectivity index (χ4n) is 2.15. The van der Waals surface area contributed by atoms with Crippen molar-refractivity contribution < 1.29 is 0 Å². The summed E-state index contributed by atoms with van der Waals surface area (Å²) in [6.45, 7) is 16.4. The lowest BCUT2D eigenvalue weighted by Crippen LogP contribution is -2.59. The zero-order valence-corrected chi connectivity index (χ0v) is 11.2. The minimum absolute atomic E-state index is 0.378. The lowest BCUT2D eigenvalue weighted by molar-refractivity contribution is 0.0606. The van der Waals surface area contributed by atoms with Crippen LogP contribution in [0.3, 0.4) is 0 Å². The topological polar surface area (TPSA) is 15.3 Å². The molecule has 1 aliphatic rings. The molecule has 0 aromatic rings. The van der Waals surface area contributed by atoms with Gasteiger partial charge >= 0.3 is 0 Å². The molecule has 1 rings (SSSR count).